The van der Waals surface area contributed by atoms with E-state index in [9.17, 15) is 18.0 Å². The summed E-state index contributed by atoms with van der Waals surface area (Å²) in [7, 11) is 0. The number of rotatable bonds is 1. The molecule has 7 nitrogen and oxygen atoms in total. The first-order chi connectivity index (χ1) is 12.2. The van der Waals surface area contributed by atoms with Gasteiger partial charge < -0.3 is 14.9 Å². The van der Waals surface area contributed by atoms with Gasteiger partial charge >= 0.3 is 12.1 Å². The highest BCUT2D eigenvalue weighted by atomic mass is 32.1. The second-order valence-electron chi connectivity index (χ2n) is 6.40. The zero-order chi connectivity index (χ0) is 19.4. The maximum absolute atomic E-state index is 11.9. The molecule has 0 bridgehead atoms. The van der Waals surface area contributed by atoms with E-state index in [1.54, 1.807) is 23.8 Å². The van der Waals surface area contributed by atoms with Crippen LogP contribution in [0, 0.1) is 0 Å². The predicted molar refractivity (Wildman–Crippen MR) is 89.0 cm³/mol. The van der Waals surface area contributed by atoms with Crippen molar-refractivity contribution < 1.29 is 27.9 Å². The molecule has 11 heteroatoms. The summed E-state index contributed by atoms with van der Waals surface area (Å²) in [6, 6.07) is 0. The van der Waals surface area contributed by atoms with E-state index in [0.29, 0.717) is 0 Å². The van der Waals surface area contributed by atoms with E-state index in [1.807, 2.05) is 0 Å². The molecule has 2 fully saturated rings. The van der Waals surface area contributed by atoms with Crippen molar-refractivity contribution in [1.82, 2.24) is 15.1 Å². The first kappa shape index (κ1) is 20.4. The minimum Gasteiger partial charge on any atom is -0.475 e. The van der Waals surface area contributed by atoms with Gasteiger partial charge in [-0.15, -0.1) is 10.2 Å². The molecule has 1 aromatic heterocycles. The molecule has 1 spiro atoms. The van der Waals surface area contributed by atoms with Crippen molar-refractivity contribution >= 4 is 28.3 Å². The summed E-state index contributed by atoms with van der Waals surface area (Å²) in [5.74, 6) is -2.54. The minimum absolute atomic E-state index is 0.0357. The Morgan fingerprint density at radius 2 is 1.88 bits per heavy atom. The number of aromatic nitrogens is 2. The number of carboxylic acid groups (broad SMARTS) is 1. The molecule has 0 aromatic carbocycles. The van der Waals surface area contributed by atoms with Crippen LogP contribution in [0.2, 0.25) is 0 Å². The summed E-state index contributed by atoms with van der Waals surface area (Å²) in [5, 5.41) is 16.2. The van der Waals surface area contributed by atoms with Gasteiger partial charge in [-0.2, -0.15) is 13.2 Å². The van der Waals surface area contributed by atoms with Gasteiger partial charge in [-0.1, -0.05) is 11.3 Å². The van der Waals surface area contributed by atoms with Gasteiger partial charge in [0, 0.05) is 26.6 Å². The van der Waals surface area contributed by atoms with Gasteiger partial charge in [0.1, 0.15) is 5.51 Å². The highest BCUT2D eigenvalue weighted by molar-refractivity contribution is 7.13. The van der Waals surface area contributed by atoms with Crippen LogP contribution in [0.25, 0.3) is 0 Å². The summed E-state index contributed by atoms with van der Waals surface area (Å²) in [6.45, 7) is 4.57. The van der Waals surface area contributed by atoms with Gasteiger partial charge in [-0.3, -0.25) is 4.79 Å². The fraction of sp³-hybridized carbons (Fsp3) is 0.733. The molecular formula is C15H21F3N4O3S. The Kier molecular flexibility index (Phi) is 6.43. The van der Waals surface area contributed by atoms with Crippen LogP contribution in [-0.4, -0.2) is 63.4 Å². The molecule has 1 amide bonds. The second-order valence-corrected chi connectivity index (χ2v) is 7.21. The van der Waals surface area contributed by atoms with Crippen LogP contribution < -0.4 is 4.90 Å². The number of alkyl halides is 3. The highest BCUT2D eigenvalue weighted by Crippen LogP contribution is 2.37. The fourth-order valence-corrected chi connectivity index (χ4v) is 4.18. The summed E-state index contributed by atoms with van der Waals surface area (Å²) in [5.41, 5.74) is 1.81. The molecule has 146 valence electrons. The largest absolute Gasteiger partial charge is 0.490 e. The van der Waals surface area contributed by atoms with Crippen molar-refractivity contribution in [1.29, 1.82) is 0 Å². The Labute approximate surface area is 152 Å². The molecule has 0 saturated carbocycles. The monoisotopic (exact) mass is 394 g/mol. The number of hydrogen-bond donors (Lipinski definition) is 1. The van der Waals surface area contributed by atoms with Crippen molar-refractivity contribution in [3.63, 3.8) is 0 Å². The molecule has 3 heterocycles. The van der Waals surface area contributed by atoms with Gasteiger partial charge in [-0.05, 0) is 32.1 Å². The molecule has 26 heavy (non-hydrogen) atoms. The molecule has 1 unspecified atom stereocenters. The number of carbonyl (C=O) groups excluding carboxylic acids is 1. The molecule has 2 saturated heterocycles. The number of piperidine rings is 2. The lowest BCUT2D eigenvalue weighted by molar-refractivity contribution is -0.192. The fourth-order valence-electron chi connectivity index (χ4n) is 3.59. The molecule has 0 radical (unpaired) electrons. The molecule has 2 aliphatic heterocycles. The van der Waals surface area contributed by atoms with Crippen LogP contribution in [0.1, 0.15) is 39.0 Å². The standard InChI is InChI=1S/C13H20N4OS.C2HF3O2/c1-11(18)17-8-3-2-5-13(17)6-4-7-16(9-13)12-15-14-10-19-12;3-2(4,5)1(6)7/h10H,2-9H2,1H3;(H,6,7). The van der Waals surface area contributed by atoms with E-state index in [2.05, 4.69) is 20.0 Å². The van der Waals surface area contributed by atoms with E-state index < -0.39 is 12.1 Å². The van der Waals surface area contributed by atoms with Crippen LogP contribution >= 0.6 is 11.3 Å². The van der Waals surface area contributed by atoms with Gasteiger partial charge in [0.2, 0.25) is 11.0 Å². The highest BCUT2D eigenvalue weighted by Gasteiger charge is 2.43. The minimum atomic E-state index is -5.08. The number of carbonyl (C=O) groups is 2. The maximum Gasteiger partial charge on any atom is 0.490 e. The Hall–Kier alpha value is -1.91. The first-order valence-electron chi connectivity index (χ1n) is 8.25. The number of carboxylic acids is 1. The summed E-state index contributed by atoms with van der Waals surface area (Å²) >= 11 is 1.59. The Morgan fingerprint density at radius 1 is 1.23 bits per heavy atom. The van der Waals surface area contributed by atoms with Crippen molar-refractivity contribution in [3.05, 3.63) is 5.51 Å². The van der Waals surface area contributed by atoms with Crippen LogP contribution in [0.15, 0.2) is 5.51 Å². The number of anilines is 1. The Balaban J connectivity index is 0.000000298. The number of amides is 1. The summed E-state index contributed by atoms with van der Waals surface area (Å²) in [6.07, 6.45) is 0.668. The number of aliphatic carboxylic acids is 1. The zero-order valence-electron chi connectivity index (χ0n) is 14.3. The van der Waals surface area contributed by atoms with Crippen LogP contribution in [-0.2, 0) is 9.59 Å². The van der Waals surface area contributed by atoms with Gasteiger partial charge in [-0.25, -0.2) is 4.79 Å². The van der Waals surface area contributed by atoms with Gasteiger partial charge in [0.25, 0.3) is 0 Å². The summed E-state index contributed by atoms with van der Waals surface area (Å²) in [4.78, 5) is 25.3. The zero-order valence-corrected chi connectivity index (χ0v) is 15.1. The number of halogens is 3. The van der Waals surface area contributed by atoms with E-state index in [0.717, 1.165) is 50.4 Å². The van der Waals surface area contributed by atoms with Gasteiger partial charge in [0.05, 0.1) is 5.54 Å². The van der Waals surface area contributed by atoms with Crippen molar-refractivity contribution in [3.8, 4) is 0 Å². The average molecular weight is 394 g/mol. The predicted octanol–water partition coefficient (Wildman–Crippen LogP) is 2.54. The molecule has 1 atom stereocenters. The molecule has 1 aromatic rings. The second kappa shape index (κ2) is 8.19. The molecule has 2 aliphatic rings. The van der Waals surface area contributed by atoms with Gasteiger partial charge in [0.15, 0.2) is 0 Å². The average Bonchev–Trinajstić information content (AvgIpc) is 3.09. The topological polar surface area (TPSA) is 86.6 Å². The SMILES string of the molecule is CC(=O)N1CCCCC12CCCN(c1nncs1)C2.O=C(O)C(F)(F)F. The first-order valence-corrected chi connectivity index (χ1v) is 9.13. The van der Waals surface area contributed by atoms with Crippen molar-refractivity contribution in [2.75, 3.05) is 24.5 Å². The number of hydrogen-bond acceptors (Lipinski definition) is 6. The third-order valence-electron chi connectivity index (χ3n) is 4.64. The third-order valence-corrected chi connectivity index (χ3v) is 5.39. The smallest absolute Gasteiger partial charge is 0.475 e. The van der Waals surface area contributed by atoms with Crippen molar-refractivity contribution in [2.45, 2.75) is 50.7 Å². The van der Waals surface area contributed by atoms with Crippen molar-refractivity contribution in [2.24, 2.45) is 0 Å². The van der Waals surface area contributed by atoms with Crippen LogP contribution in [0.5, 0.6) is 0 Å². The lowest BCUT2D eigenvalue weighted by atomic mass is 9.80. The molecule has 3 rings (SSSR count). The Bertz CT molecular complexity index is 622. The van der Waals surface area contributed by atoms with E-state index in [-0.39, 0.29) is 11.4 Å². The molecular weight excluding hydrogens is 373 g/mol. The van der Waals surface area contributed by atoms with Crippen LogP contribution in [0.3, 0.4) is 0 Å². The van der Waals surface area contributed by atoms with E-state index in [1.165, 1.54) is 6.42 Å². The lowest BCUT2D eigenvalue weighted by Crippen LogP contribution is -2.62. The third kappa shape index (κ3) is 4.83. The Morgan fingerprint density at radius 3 is 2.42 bits per heavy atom. The van der Waals surface area contributed by atoms with E-state index >= 15 is 0 Å². The summed E-state index contributed by atoms with van der Waals surface area (Å²) < 4.78 is 31.7. The number of likely N-dealkylation sites (tertiary alicyclic amines) is 1. The maximum atomic E-state index is 11.9. The lowest BCUT2D eigenvalue weighted by Gasteiger charge is -2.52. The molecule has 1 N–H and O–H groups in total. The quantitative estimate of drug-likeness (QED) is 0.788. The normalized spacial score (nSPS) is 23.4. The molecule has 0 aliphatic carbocycles. The number of nitrogens with zero attached hydrogens (tertiary/aromatic N) is 4. The van der Waals surface area contributed by atoms with Crippen LogP contribution in [0.4, 0.5) is 18.3 Å². The van der Waals surface area contributed by atoms with E-state index in [4.69, 9.17) is 9.90 Å².